The first-order valence-corrected chi connectivity index (χ1v) is 10.4. The molecule has 1 aliphatic heterocycles. The van der Waals surface area contributed by atoms with Crippen LogP contribution in [0.4, 0.5) is 0 Å². The van der Waals surface area contributed by atoms with Crippen molar-refractivity contribution in [2.24, 2.45) is 0 Å². The highest BCUT2D eigenvalue weighted by Crippen LogP contribution is 2.35. The molecule has 2 aromatic heterocycles. The minimum absolute atomic E-state index is 0.0189. The Morgan fingerprint density at radius 3 is 2.86 bits per heavy atom. The van der Waals surface area contributed by atoms with Crippen molar-refractivity contribution in [3.63, 3.8) is 0 Å². The zero-order chi connectivity index (χ0) is 20.2. The SMILES string of the molecule is CC(=O)N(CCc1noc(C2CCC2)n1)C1CCN(C(=O)CCn2ccnc2)C1. The summed E-state index contributed by atoms with van der Waals surface area (Å²) in [6.45, 7) is 4.02. The van der Waals surface area contributed by atoms with Gasteiger partial charge in [-0.1, -0.05) is 11.6 Å². The van der Waals surface area contributed by atoms with Crippen molar-refractivity contribution in [2.75, 3.05) is 19.6 Å². The van der Waals surface area contributed by atoms with Crippen LogP contribution in [0.5, 0.6) is 0 Å². The lowest BCUT2D eigenvalue weighted by atomic mass is 9.85. The van der Waals surface area contributed by atoms with E-state index in [0.717, 1.165) is 25.2 Å². The molecule has 2 aromatic rings. The van der Waals surface area contributed by atoms with Crippen LogP contribution in [0.1, 0.15) is 56.7 Å². The molecule has 2 aliphatic rings. The Hall–Kier alpha value is -2.71. The van der Waals surface area contributed by atoms with E-state index >= 15 is 0 Å². The summed E-state index contributed by atoms with van der Waals surface area (Å²) in [5.41, 5.74) is 0. The van der Waals surface area contributed by atoms with E-state index in [1.165, 1.54) is 6.42 Å². The number of hydrogen-bond acceptors (Lipinski definition) is 6. The van der Waals surface area contributed by atoms with E-state index < -0.39 is 0 Å². The predicted molar refractivity (Wildman–Crippen MR) is 104 cm³/mol. The summed E-state index contributed by atoms with van der Waals surface area (Å²) in [4.78, 5) is 36.9. The first-order chi connectivity index (χ1) is 14.1. The Morgan fingerprint density at radius 2 is 2.17 bits per heavy atom. The Balaban J connectivity index is 1.27. The second kappa shape index (κ2) is 8.75. The van der Waals surface area contributed by atoms with Crippen LogP contribution in [0.25, 0.3) is 0 Å². The smallest absolute Gasteiger partial charge is 0.229 e. The molecule has 1 saturated heterocycles. The van der Waals surface area contributed by atoms with Gasteiger partial charge in [0, 0.05) is 64.3 Å². The Morgan fingerprint density at radius 1 is 1.31 bits per heavy atom. The second-order valence-corrected chi connectivity index (χ2v) is 7.97. The van der Waals surface area contributed by atoms with Crippen molar-refractivity contribution in [1.29, 1.82) is 0 Å². The molecule has 29 heavy (non-hydrogen) atoms. The molecule has 1 unspecified atom stereocenters. The number of rotatable bonds is 8. The Labute approximate surface area is 170 Å². The summed E-state index contributed by atoms with van der Waals surface area (Å²) < 4.78 is 7.27. The third kappa shape index (κ3) is 4.65. The van der Waals surface area contributed by atoms with Gasteiger partial charge in [-0.05, 0) is 19.3 Å². The molecule has 4 rings (SSSR count). The minimum atomic E-state index is 0.0189. The molecule has 9 heteroatoms. The van der Waals surface area contributed by atoms with Crippen molar-refractivity contribution < 1.29 is 14.1 Å². The van der Waals surface area contributed by atoms with Gasteiger partial charge in [0.15, 0.2) is 5.82 Å². The van der Waals surface area contributed by atoms with Gasteiger partial charge in [0.1, 0.15) is 0 Å². The number of amides is 2. The number of carbonyl (C=O) groups is 2. The highest BCUT2D eigenvalue weighted by atomic mass is 16.5. The summed E-state index contributed by atoms with van der Waals surface area (Å²) in [6, 6.07) is 0.0442. The lowest BCUT2D eigenvalue weighted by Crippen LogP contribution is -2.42. The zero-order valence-corrected chi connectivity index (χ0v) is 16.9. The van der Waals surface area contributed by atoms with Gasteiger partial charge < -0.3 is 18.9 Å². The van der Waals surface area contributed by atoms with E-state index in [9.17, 15) is 9.59 Å². The first-order valence-electron chi connectivity index (χ1n) is 10.4. The van der Waals surface area contributed by atoms with Crippen molar-refractivity contribution in [1.82, 2.24) is 29.5 Å². The van der Waals surface area contributed by atoms with Gasteiger partial charge in [-0.15, -0.1) is 0 Å². The fourth-order valence-corrected chi connectivity index (χ4v) is 4.03. The van der Waals surface area contributed by atoms with Crippen LogP contribution in [0.2, 0.25) is 0 Å². The van der Waals surface area contributed by atoms with Gasteiger partial charge >= 0.3 is 0 Å². The van der Waals surface area contributed by atoms with Crippen LogP contribution >= 0.6 is 0 Å². The van der Waals surface area contributed by atoms with E-state index in [1.54, 1.807) is 19.4 Å². The molecule has 0 spiro atoms. The molecule has 2 amide bonds. The lowest BCUT2D eigenvalue weighted by molar-refractivity contribution is -0.133. The number of nitrogens with zero attached hydrogens (tertiary/aromatic N) is 6. The molecular formula is C20H28N6O3. The zero-order valence-electron chi connectivity index (χ0n) is 16.9. The average molecular weight is 400 g/mol. The highest BCUT2D eigenvalue weighted by molar-refractivity contribution is 5.77. The molecule has 0 aromatic carbocycles. The van der Waals surface area contributed by atoms with Gasteiger partial charge in [0.25, 0.3) is 0 Å². The Bertz CT molecular complexity index is 829. The largest absolute Gasteiger partial charge is 0.340 e. The molecule has 1 atom stereocenters. The normalized spacial score (nSPS) is 19.3. The molecule has 0 N–H and O–H groups in total. The maximum atomic E-state index is 12.5. The quantitative estimate of drug-likeness (QED) is 0.668. The third-order valence-corrected chi connectivity index (χ3v) is 6.02. The van der Waals surface area contributed by atoms with E-state index in [2.05, 4.69) is 15.1 Å². The van der Waals surface area contributed by atoms with Crippen molar-refractivity contribution in [3.8, 4) is 0 Å². The first kappa shape index (κ1) is 19.6. The summed E-state index contributed by atoms with van der Waals surface area (Å²) in [5, 5.41) is 4.07. The number of aryl methyl sites for hydroxylation is 1. The summed E-state index contributed by atoms with van der Waals surface area (Å²) >= 11 is 0. The monoisotopic (exact) mass is 400 g/mol. The van der Waals surface area contributed by atoms with E-state index in [-0.39, 0.29) is 17.9 Å². The van der Waals surface area contributed by atoms with Gasteiger partial charge in [0.05, 0.1) is 12.4 Å². The fourth-order valence-electron chi connectivity index (χ4n) is 4.03. The maximum absolute atomic E-state index is 12.5. The van der Waals surface area contributed by atoms with E-state index in [4.69, 9.17) is 4.52 Å². The van der Waals surface area contributed by atoms with Crippen molar-refractivity contribution >= 4 is 11.8 Å². The number of hydrogen-bond donors (Lipinski definition) is 0. The standard InChI is InChI=1S/C20H28N6O3/c1-15(27)26(11-6-18-22-20(29-23-18)16-3-2-4-16)17-5-10-25(13-17)19(28)7-9-24-12-8-21-14-24/h8,12,14,16-17H,2-7,9-11,13H2,1H3. The molecule has 1 saturated carbocycles. The molecule has 1 aliphatic carbocycles. The van der Waals surface area contributed by atoms with Crippen LogP contribution in [-0.2, 0) is 22.6 Å². The van der Waals surface area contributed by atoms with Crippen molar-refractivity contribution in [2.45, 2.75) is 64.0 Å². The van der Waals surface area contributed by atoms with Gasteiger partial charge in [0.2, 0.25) is 17.7 Å². The van der Waals surface area contributed by atoms with E-state index in [1.807, 2.05) is 20.6 Å². The molecule has 156 valence electrons. The van der Waals surface area contributed by atoms with Crippen LogP contribution in [0.15, 0.2) is 23.2 Å². The van der Waals surface area contributed by atoms with Crippen LogP contribution < -0.4 is 0 Å². The molecular weight excluding hydrogens is 372 g/mol. The number of carbonyl (C=O) groups excluding carboxylic acids is 2. The van der Waals surface area contributed by atoms with Crippen molar-refractivity contribution in [3.05, 3.63) is 30.4 Å². The maximum Gasteiger partial charge on any atom is 0.229 e. The topological polar surface area (TPSA) is 97.4 Å². The van der Waals surface area contributed by atoms with Gasteiger partial charge in [-0.2, -0.15) is 4.98 Å². The third-order valence-electron chi connectivity index (χ3n) is 6.02. The highest BCUT2D eigenvalue weighted by Gasteiger charge is 2.32. The number of aromatic nitrogens is 4. The van der Waals surface area contributed by atoms with Gasteiger partial charge in [-0.25, -0.2) is 4.98 Å². The molecule has 0 bridgehead atoms. The van der Waals surface area contributed by atoms with Crippen LogP contribution in [-0.4, -0.2) is 67.0 Å². The van der Waals surface area contributed by atoms with Crippen LogP contribution in [0, 0.1) is 0 Å². The fraction of sp³-hybridized carbons (Fsp3) is 0.650. The number of imidazole rings is 1. The van der Waals surface area contributed by atoms with Crippen LogP contribution in [0.3, 0.4) is 0 Å². The lowest BCUT2D eigenvalue weighted by Gasteiger charge is -2.27. The number of likely N-dealkylation sites (tertiary alicyclic amines) is 1. The van der Waals surface area contributed by atoms with E-state index in [0.29, 0.717) is 50.8 Å². The predicted octanol–water partition coefficient (Wildman–Crippen LogP) is 1.62. The summed E-state index contributed by atoms with van der Waals surface area (Å²) in [5.74, 6) is 1.94. The van der Waals surface area contributed by atoms with Gasteiger partial charge in [-0.3, -0.25) is 9.59 Å². The Kier molecular flexibility index (Phi) is 5.92. The summed E-state index contributed by atoms with van der Waals surface area (Å²) in [6.07, 6.45) is 10.5. The minimum Gasteiger partial charge on any atom is -0.340 e. The molecule has 0 radical (unpaired) electrons. The second-order valence-electron chi connectivity index (χ2n) is 7.97. The average Bonchev–Trinajstić information content (AvgIpc) is 3.40. The molecule has 3 heterocycles. The molecule has 9 nitrogen and oxygen atoms in total. The molecule has 2 fully saturated rings. The summed E-state index contributed by atoms with van der Waals surface area (Å²) in [7, 11) is 0.